The second-order valence-electron chi connectivity index (χ2n) is 4.62. The zero-order valence-electron chi connectivity index (χ0n) is 11.4. The van der Waals surface area contributed by atoms with Crippen LogP contribution in [-0.2, 0) is 14.8 Å². The molecule has 0 fully saturated rings. The molecular formula is C15H15NO4S. The van der Waals surface area contributed by atoms with Gasteiger partial charge in [-0.1, -0.05) is 48.0 Å². The third-order valence-electron chi connectivity index (χ3n) is 2.98. The van der Waals surface area contributed by atoms with Crippen molar-refractivity contribution in [1.82, 2.24) is 4.72 Å². The Morgan fingerprint density at radius 3 is 2.14 bits per heavy atom. The quantitative estimate of drug-likeness (QED) is 0.886. The summed E-state index contributed by atoms with van der Waals surface area (Å²) in [5.41, 5.74) is 1.30. The van der Waals surface area contributed by atoms with E-state index in [1.54, 1.807) is 42.5 Å². The molecule has 21 heavy (non-hydrogen) atoms. The van der Waals surface area contributed by atoms with Gasteiger partial charge in [-0.2, -0.15) is 4.72 Å². The van der Waals surface area contributed by atoms with E-state index in [4.69, 9.17) is 0 Å². The summed E-state index contributed by atoms with van der Waals surface area (Å²) in [5, 5.41) is 9.25. The molecule has 110 valence electrons. The lowest BCUT2D eigenvalue weighted by molar-refractivity contribution is -0.139. The third kappa shape index (κ3) is 3.68. The van der Waals surface area contributed by atoms with Crippen molar-refractivity contribution in [3.05, 3.63) is 65.7 Å². The largest absolute Gasteiger partial charge is 0.480 e. The first-order valence-corrected chi connectivity index (χ1v) is 7.75. The summed E-state index contributed by atoms with van der Waals surface area (Å²) >= 11 is 0. The van der Waals surface area contributed by atoms with Crippen LogP contribution in [0.1, 0.15) is 17.2 Å². The number of aliphatic carboxylic acids is 1. The highest BCUT2D eigenvalue weighted by Crippen LogP contribution is 2.18. The molecule has 0 aliphatic carbocycles. The van der Waals surface area contributed by atoms with Gasteiger partial charge in [0, 0.05) is 0 Å². The van der Waals surface area contributed by atoms with Gasteiger partial charge in [0.2, 0.25) is 10.0 Å². The van der Waals surface area contributed by atoms with Crippen molar-refractivity contribution in [3.8, 4) is 0 Å². The molecule has 2 aromatic rings. The number of sulfonamides is 1. The molecule has 0 saturated carbocycles. The van der Waals surface area contributed by atoms with Gasteiger partial charge < -0.3 is 5.11 Å². The number of hydrogen-bond donors (Lipinski definition) is 2. The molecule has 0 aliphatic rings. The first-order valence-electron chi connectivity index (χ1n) is 6.27. The average Bonchev–Trinajstić information content (AvgIpc) is 2.46. The lowest BCUT2D eigenvalue weighted by Crippen LogP contribution is -2.33. The number of carboxylic acids is 1. The Balaban J connectivity index is 2.32. The highest BCUT2D eigenvalue weighted by atomic mass is 32.2. The molecule has 1 atom stereocenters. The number of carboxylic acid groups (broad SMARTS) is 1. The van der Waals surface area contributed by atoms with Crippen molar-refractivity contribution in [2.24, 2.45) is 0 Å². The van der Waals surface area contributed by atoms with Gasteiger partial charge in [-0.05, 0) is 24.6 Å². The molecular weight excluding hydrogens is 290 g/mol. The zero-order chi connectivity index (χ0) is 15.5. The molecule has 0 saturated heterocycles. The highest BCUT2D eigenvalue weighted by Gasteiger charge is 2.26. The third-order valence-corrected chi connectivity index (χ3v) is 4.42. The fourth-order valence-corrected chi connectivity index (χ4v) is 3.02. The van der Waals surface area contributed by atoms with E-state index < -0.39 is 22.0 Å². The molecule has 2 N–H and O–H groups in total. The summed E-state index contributed by atoms with van der Waals surface area (Å²) in [4.78, 5) is 11.4. The Morgan fingerprint density at radius 2 is 1.62 bits per heavy atom. The number of carbonyl (C=O) groups is 1. The second kappa shape index (κ2) is 6.07. The van der Waals surface area contributed by atoms with E-state index in [0.29, 0.717) is 5.56 Å². The van der Waals surface area contributed by atoms with Crippen LogP contribution in [0.25, 0.3) is 0 Å². The standard InChI is InChI=1S/C15H15NO4S/c1-11-7-9-13(10-8-11)21(19,20)16-14(15(17)18)12-5-3-2-4-6-12/h2-10,14,16H,1H3,(H,17,18)/t14-/m0/s1. The summed E-state index contributed by atoms with van der Waals surface area (Å²) in [7, 11) is -3.90. The van der Waals surface area contributed by atoms with Crippen LogP contribution < -0.4 is 4.72 Å². The summed E-state index contributed by atoms with van der Waals surface area (Å²) < 4.78 is 26.7. The molecule has 0 bridgehead atoms. The van der Waals surface area contributed by atoms with E-state index in [1.807, 2.05) is 6.92 Å². The number of nitrogens with one attached hydrogen (secondary N) is 1. The van der Waals surface area contributed by atoms with Gasteiger partial charge in [-0.3, -0.25) is 4.79 Å². The van der Waals surface area contributed by atoms with Gasteiger partial charge in [0.15, 0.2) is 0 Å². The van der Waals surface area contributed by atoms with Gasteiger partial charge in [0.1, 0.15) is 6.04 Å². The molecule has 0 unspecified atom stereocenters. The van der Waals surface area contributed by atoms with Crippen molar-refractivity contribution in [2.75, 3.05) is 0 Å². The molecule has 5 nitrogen and oxygen atoms in total. The van der Waals surface area contributed by atoms with E-state index in [1.165, 1.54) is 12.1 Å². The van der Waals surface area contributed by atoms with Crippen LogP contribution in [0.2, 0.25) is 0 Å². The maximum atomic E-state index is 12.3. The molecule has 2 aromatic carbocycles. The molecule has 0 heterocycles. The summed E-state index contributed by atoms with van der Waals surface area (Å²) in [6.07, 6.45) is 0. The van der Waals surface area contributed by atoms with Crippen LogP contribution in [0.3, 0.4) is 0 Å². The van der Waals surface area contributed by atoms with Crippen LogP contribution in [0.15, 0.2) is 59.5 Å². The van der Waals surface area contributed by atoms with Crippen molar-refractivity contribution >= 4 is 16.0 Å². The monoisotopic (exact) mass is 305 g/mol. The predicted molar refractivity (Wildman–Crippen MR) is 78.3 cm³/mol. The molecule has 2 rings (SSSR count). The average molecular weight is 305 g/mol. The van der Waals surface area contributed by atoms with Crippen LogP contribution in [-0.4, -0.2) is 19.5 Å². The number of benzene rings is 2. The minimum Gasteiger partial charge on any atom is -0.480 e. The topological polar surface area (TPSA) is 83.5 Å². The van der Waals surface area contributed by atoms with Crippen molar-refractivity contribution in [2.45, 2.75) is 17.9 Å². The van der Waals surface area contributed by atoms with Crippen LogP contribution in [0, 0.1) is 6.92 Å². The van der Waals surface area contributed by atoms with Gasteiger partial charge in [0.05, 0.1) is 4.90 Å². The molecule has 6 heteroatoms. The van der Waals surface area contributed by atoms with Gasteiger partial charge in [0.25, 0.3) is 0 Å². The smallest absolute Gasteiger partial charge is 0.326 e. The Morgan fingerprint density at radius 1 is 1.05 bits per heavy atom. The second-order valence-corrected chi connectivity index (χ2v) is 6.33. The lowest BCUT2D eigenvalue weighted by atomic mass is 10.1. The van der Waals surface area contributed by atoms with Crippen LogP contribution in [0.5, 0.6) is 0 Å². The molecule has 0 amide bonds. The molecule has 0 aliphatic heterocycles. The predicted octanol–water partition coefficient (Wildman–Crippen LogP) is 2.10. The van der Waals surface area contributed by atoms with E-state index >= 15 is 0 Å². The maximum absolute atomic E-state index is 12.3. The first-order chi connectivity index (χ1) is 9.90. The molecule has 0 spiro atoms. The Labute approximate surface area is 123 Å². The minimum absolute atomic E-state index is 0.0373. The summed E-state index contributed by atoms with van der Waals surface area (Å²) in [6, 6.07) is 13.1. The highest BCUT2D eigenvalue weighted by molar-refractivity contribution is 7.89. The Hall–Kier alpha value is -2.18. The fourth-order valence-electron chi connectivity index (χ4n) is 1.85. The summed E-state index contributed by atoms with van der Waals surface area (Å²) in [6.45, 7) is 1.84. The Bertz CT molecular complexity index is 724. The van der Waals surface area contributed by atoms with E-state index in [2.05, 4.69) is 4.72 Å². The normalized spacial score (nSPS) is 12.8. The molecule has 0 radical (unpaired) electrons. The summed E-state index contributed by atoms with van der Waals surface area (Å²) in [5.74, 6) is -1.25. The SMILES string of the molecule is Cc1ccc(S(=O)(=O)N[C@H](C(=O)O)c2ccccc2)cc1. The van der Waals surface area contributed by atoms with Crippen LogP contribution >= 0.6 is 0 Å². The van der Waals surface area contributed by atoms with Gasteiger partial charge in [-0.15, -0.1) is 0 Å². The van der Waals surface area contributed by atoms with Crippen molar-refractivity contribution in [1.29, 1.82) is 0 Å². The van der Waals surface area contributed by atoms with Crippen molar-refractivity contribution < 1.29 is 18.3 Å². The Kier molecular flexibility index (Phi) is 4.40. The number of hydrogen-bond acceptors (Lipinski definition) is 3. The van der Waals surface area contributed by atoms with Gasteiger partial charge >= 0.3 is 5.97 Å². The molecule has 0 aromatic heterocycles. The lowest BCUT2D eigenvalue weighted by Gasteiger charge is -2.15. The first kappa shape index (κ1) is 15.2. The van der Waals surface area contributed by atoms with E-state index in [0.717, 1.165) is 5.56 Å². The van der Waals surface area contributed by atoms with E-state index in [-0.39, 0.29) is 4.90 Å². The fraction of sp³-hybridized carbons (Fsp3) is 0.133. The maximum Gasteiger partial charge on any atom is 0.326 e. The number of rotatable bonds is 5. The van der Waals surface area contributed by atoms with E-state index in [9.17, 15) is 18.3 Å². The number of aryl methyl sites for hydroxylation is 1. The van der Waals surface area contributed by atoms with Crippen LogP contribution in [0.4, 0.5) is 0 Å². The van der Waals surface area contributed by atoms with Gasteiger partial charge in [-0.25, -0.2) is 8.42 Å². The van der Waals surface area contributed by atoms with Crippen molar-refractivity contribution in [3.63, 3.8) is 0 Å². The minimum atomic E-state index is -3.90. The zero-order valence-corrected chi connectivity index (χ0v) is 12.2.